The van der Waals surface area contributed by atoms with Gasteiger partial charge in [0, 0.05) is 6.26 Å². The Kier molecular flexibility index (Phi) is 3.76. The Morgan fingerprint density at radius 3 is 2.19 bits per heavy atom. The summed E-state index contributed by atoms with van der Waals surface area (Å²) in [5.41, 5.74) is 0.339. The van der Waals surface area contributed by atoms with E-state index in [0.717, 1.165) is 6.26 Å². The van der Waals surface area contributed by atoms with Crippen LogP contribution in [0.2, 0.25) is 0 Å². The van der Waals surface area contributed by atoms with E-state index in [2.05, 4.69) is 15.9 Å². The van der Waals surface area contributed by atoms with Crippen LogP contribution in [-0.2, 0) is 9.84 Å². The van der Waals surface area contributed by atoms with Crippen LogP contribution in [0.1, 0.15) is 18.6 Å². The first-order valence-corrected chi connectivity index (χ1v) is 7.16. The normalized spacial score (nSPS) is 17.8. The van der Waals surface area contributed by atoms with E-state index in [9.17, 15) is 17.9 Å². The van der Waals surface area contributed by atoms with Crippen molar-refractivity contribution in [3.8, 4) is 0 Å². The molecule has 1 rings (SSSR count). The Morgan fingerprint density at radius 1 is 1.38 bits per heavy atom. The average Bonchev–Trinajstić information content (AvgIpc) is 2.16. The molecule has 0 bridgehead atoms. The quantitative estimate of drug-likeness (QED) is 0.869. The largest absolute Gasteiger partial charge is 0.386 e. The highest BCUT2D eigenvalue weighted by molar-refractivity contribution is 9.11. The third kappa shape index (κ3) is 2.61. The van der Waals surface area contributed by atoms with E-state index in [-0.39, 0.29) is 0 Å². The van der Waals surface area contributed by atoms with Crippen molar-refractivity contribution in [2.24, 2.45) is 0 Å². The Balaban J connectivity index is 3.12. The number of rotatable bonds is 3. The maximum Gasteiger partial charge on any atom is 0.165 e. The Labute approximate surface area is 102 Å². The number of alkyl halides is 1. The van der Waals surface area contributed by atoms with Crippen molar-refractivity contribution in [1.29, 1.82) is 0 Å². The van der Waals surface area contributed by atoms with Crippen LogP contribution in [0.4, 0.5) is 4.39 Å². The van der Waals surface area contributed by atoms with E-state index in [1.54, 1.807) is 0 Å². The molecule has 1 aromatic rings. The number of aliphatic hydroxyl groups excluding tert-OH is 1. The van der Waals surface area contributed by atoms with Crippen molar-refractivity contribution in [3.63, 3.8) is 0 Å². The standard InChI is InChI=1S/C10H12BrFO3S/c1-10(11,16(2,14)15)9(13)7-3-5-8(12)6-4-7/h3-6,9,13H,1-2H3/t9-,10-/m1/s1. The number of benzene rings is 1. The van der Waals surface area contributed by atoms with Gasteiger partial charge in [0.1, 0.15) is 11.9 Å². The van der Waals surface area contributed by atoms with Gasteiger partial charge in [-0.2, -0.15) is 0 Å². The molecular weight excluding hydrogens is 299 g/mol. The summed E-state index contributed by atoms with van der Waals surface area (Å²) in [6, 6.07) is 5.04. The van der Waals surface area contributed by atoms with Crippen molar-refractivity contribution in [2.45, 2.75) is 16.7 Å². The molecule has 0 aromatic heterocycles. The predicted octanol–water partition coefficient (Wildman–Crippen LogP) is 2.01. The molecule has 0 unspecified atom stereocenters. The summed E-state index contributed by atoms with van der Waals surface area (Å²) in [7, 11) is -3.49. The third-order valence-corrected chi connectivity index (χ3v) is 6.27. The van der Waals surface area contributed by atoms with Crippen molar-refractivity contribution in [3.05, 3.63) is 35.6 Å². The van der Waals surface area contributed by atoms with Crippen molar-refractivity contribution >= 4 is 25.8 Å². The van der Waals surface area contributed by atoms with Crippen LogP contribution in [0.15, 0.2) is 24.3 Å². The van der Waals surface area contributed by atoms with E-state index >= 15 is 0 Å². The molecule has 6 heteroatoms. The fourth-order valence-corrected chi connectivity index (χ4v) is 1.95. The van der Waals surface area contributed by atoms with Gasteiger partial charge in [-0.3, -0.25) is 0 Å². The number of sulfone groups is 1. The van der Waals surface area contributed by atoms with Crippen LogP contribution in [-0.4, -0.2) is 23.4 Å². The third-order valence-electron chi connectivity index (χ3n) is 2.40. The Hall–Kier alpha value is -0.460. The highest BCUT2D eigenvalue weighted by atomic mass is 79.9. The lowest BCUT2D eigenvalue weighted by molar-refractivity contribution is 0.168. The lowest BCUT2D eigenvalue weighted by Crippen LogP contribution is -2.34. The minimum atomic E-state index is -3.49. The van der Waals surface area contributed by atoms with Crippen LogP contribution in [0.25, 0.3) is 0 Å². The smallest absolute Gasteiger partial charge is 0.165 e. The SMILES string of the molecule is C[C@](Br)([C@H](O)c1ccc(F)cc1)S(C)(=O)=O. The number of hydrogen-bond donors (Lipinski definition) is 1. The predicted molar refractivity (Wildman–Crippen MR) is 63.5 cm³/mol. The molecule has 0 aliphatic rings. The monoisotopic (exact) mass is 310 g/mol. The molecule has 0 radical (unpaired) electrons. The first kappa shape index (κ1) is 13.6. The van der Waals surface area contributed by atoms with Crippen LogP contribution in [0.5, 0.6) is 0 Å². The van der Waals surface area contributed by atoms with Gasteiger partial charge in [0.15, 0.2) is 13.5 Å². The van der Waals surface area contributed by atoms with E-state index in [4.69, 9.17) is 0 Å². The fraction of sp³-hybridized carbons (Fsp3) is 0.400. The molecule has 0 fully saturated rings. The Bertz CT molecular complexity index is 467. The second kappa shape index (κ2) is 4.43. The molecule has 0 saturated heterocycles. The molecule has 3 nitrogen and oxygen atoms in total. The summed E-state index contributed by atoms with van der Waals surface area (Å²) in [4.78, 5) is 0. The van der Waals surface area contributed by atoms with Gasteiger partial charge in [-0.25, -0.2) is 12.8 Å². The van der Waals surface area contributed by atoms with Gasteiger partial charge in [0.25, 0.3) is 0 Å². The molecule has 2 atom stereocenters. The second-order valence-electron chi connectivity index (χ2n) is 3.71. The number of hydrogen-bond acceptors (Lipinski definition) is 3. The minimum Gasteiger partial charge on any atom is -0.386 e. The number of halogens is 2. The molecule has 0 spiro atoms. The van der Waals surface area contributed by atoms with Crippen molar-refractivity contribution in [2.75, 3.05) is 6.26 Å². The molecule has 0 amide bonds. The summed E-state index contributed by atoms with van der Waals surface area (Å²) in [6.45, 7) is 1.36. The molecule has 1 aromatic carbocycles. The lowest BCUT2D eigenvalue weighted by Gasteiger charge is -2.26. The zero-order valence-electron chi connectivity index (χ0n) is 8.81. The summed E-state index contributed by atoms with van der Waals surface area (Å²) < 4.78 is 34.1. The summed E-state index contributed by atoms with van der Waals surface area (Å²) in [5.74, 6) is -0.438. The van der Waals surface area contributed by atoms with Gasteiger partial charge in [-0.1, -0.05) is 28.1 Å². The summed E-state index contributed by atoms with van der Waals surface area (Å²) >= 11 is 2.99. The summed E-state index contributed by atoms with van der Waals surface area (Å²) in [6.07, 6.45) is -0.239. The van der Waals surface area contributed by atoms with Gasteiger partial charge >= 0.3 is 0 Å². The zero-order valence-corrected chi connectivity index (χ0v) is 11.2. The zero-order chi connectivity index (χ0) is 12.6. The molecule has 16 heavy (non-hydrogen) atoms. The lowest BCUT2D eigenvalue weighted by atomic mass is 10.1. The number of aliphatic hydroxyl groups is 1. The van der Waals surface area contributed by atoms with E-state index < -0.39 is 25.4 Å². The highest BCUT2D eigenvalue weighted by Crippen LogP contribution is 2.37. The molecule has 0 saturated carbocycles. The Morgan fingerprint density at radius 2 is 1.81 bits per heavy atom. The van der Waals surface area contributed by atoms with Crippen LogP contribution in [0, 0.1) is 5.82 Å². The van der Waals surface area contributed by atoms with Gasteiger partial charge in [0.05, 0.1) is 0 Å². The average molecular weight is 311 g/mol. The molecule has 0 heterocycles. The first-order chi connectivity index (χ1) is 7.16. The van der Waals surface area contributed by atoms with Gasteiger partial charge < -0.3 is 5.11 Å². The van der Waals surface area contributed by atoms with E-state index in [0.29, 0.717) is 5.56 Å². The van der Waals surface area contributed by atoms with E-state index in [1.807, 2.05) is 0 Å². The van der Waals surface area contributed by atoms with Crippen LogP contribution >= 0.6 is 15.9 Å². The van der Waals surface area contributed by atoms with E-state index in [1.165, 1.54) is 31.2 Å². The molecular formula is C10H12BrFO3S. The molecule has 90 valence electrons. The van der Waals surface area contributed by atoms with Gasteiger partial charge in [-0.05, 0) is 24.6 Å². The summed E-state index contributed by atoms with van der Waals surface area (Å²) in [5, 5.41) is 9.93. The maximum atomic E-state index is 12.7. The minimum absolute atomic E-state index is 0.339. The van der Waals surface area contributed by atoms with Crippen LogP contribution in [0.3, 0.4) is 0 Å². The molecule has 0 aliphatic heterocycles. The maximum absolute atomic E-state index is 12.7. The molecule has 1 N–H and O–H groups in total. The fourth-order valence-electron chi connectivity index (χ4n) is 1.15. The van der Waals surface area contributed by atoms with Crippen LogP contribution < -0.4 is 0 Å². The van der Waals surface area contributed by atoms with Gasteiger partial charge in [0.2, 0.25) is 0 Å². The highest BCUT2D eigenvalue weighted by Gasteiger charge is 2.41. The topological polar surface area (TPSA) is 54.4 Å². The molecule has 0 aliphatic carbocycles. The van der Waals surface area contributed by atoms with Gasteiger partial charge in [-0.15, -0.1) is 0 Å². The first-order valence-electron chi connectivity index (χ1n) is 4.48. The van der Waals surface area contributed by atoms with Crippen molar-refractivity contribution < 1.29 is 17.9 Å². The second-order valence-corrected chi connectivity index (χ2v) is 8.28. The van der Waals surface area contributed by atoms with Crippen molar-refractivity contribution in [1.82, 2.24) is 0 Å².